The first-order valence-corrected chi connectivity index (χ1v) is 6.33. The van der Waals surface area contributed by atoms with Gasteiger partial charge in [-0.2, -0.15) is 0 Å². The van der Waals surface area contributed by atoms with Crippen molar-refractivity contribution >= 4 is 5.82 Å². The van der Waals surface area contributed by atoms with Crippen LogP contribution in [0.5, 0.6) is 5.75 Å². The van der Waals surface area contributed by atoms with Crippen molar-refractivity contribution in [2.75, 3.05) is 31.6 Å². The number of nitrogens with zero attached hydrogens (tertiary/aromatic N) is 2. The predicted octanol–water partition coefficient (Wildman–Crippen LogP) is 1.67. The molecule has 1 aromatic rings. The highest BCUT2D eigenvalue weighted by molar-refractivity contribution is 5.53. The number of pyridine rings is 1. The molecule has 1 unspecified atom stereocenters. The fraction of sp³-hybridized carbons (Fsp3) is 0.615. The molecule has 0 spiro atoms. The summed E-state index contributed by atoms with van der Waals surface area (Å²) in [5, 5.41) is 3.41. The van der Waals surface area contributed by atoms with E-state index in [9.17, 15) is 0 Å². The van der Waals surface area contributed by atoms with Crippen LogP contribution in [0.2, 0.25) is 0 Å². The van der Waals surface area contributed by atoms with Crippen LogP contribution in [0, 0.1) is 0 Å². The molecule has 1 atom stereocenters. The number of ether oxygens (including phenoxy) is 1. The second kappa shape index (κ2) is 5.87. The monoisotopic (exact) mass is 235 g/mol. The van der Waals surface area contributed by atoms with E-state index >= 15 is 0 Å². The standard InChI is InChI=1S/C13H21N3O/c1-3-9-16(11-6-8-14-10-11)13-12(17-2)5-4-7-15-13/h4-5,7,11,14H,3,6,8-10H2,1-2H3. The summed E-state index contributed by atoms with van der Waals surface area (Å²) in [4.78, 5) is 6.86. The molecule has 94 valence electrons. The second-order valence-electron chi connectivity index (χ2n) is 4.37. The van der Waals surface area contributed by atoms with Crippen LogP contribution in [0.15, 0.2) is 18.3 Å². The fourth-order valence-electron chi connectivity index (χ4n) is 2.36. The summed E-state index contributed by atoms with van der Waals surface area (Å²) in [6.45, 7) is 5.37. The zero-order valence-corrected chi connectivity index (χ0v) is 10.6. The van der Waals surface area contributed by atoms with Gasteiger partial charge in [0.25, 0.3) is 0 Å². The average molecular weight is 235 g/mol. The van der Waals surface area contributed by atoms with Gasteiger partial charge in [0, 0.05) is 25.3 Å². The lowest BCUT2D eigenvalue weighted by atomic mass is 10.2. The molecule has 1 fully saturated rings. The summed E-state index contributed by atoms with van der Waals surface area (Å²) >= 11 is 0. The van der Waals surface area contributed by atoms with E-state index in [-0.39, 0.29) is 0 Å². The van der Waals surface area contributed by atoms with Crippen LogP contribution in [0.25, 0.3) is 0 Å². The van der Waals surface area contributed by atoms with Crippen molar-refractivity contribution in [3.63, 3.8) is 0 Å². The largest absolute Gasteiger partial charge is 0.493 e. The third-order valence-corrected chi connectivity index (χ3v) is 3.18. The maximum absolute atomic E-state index is 5.41. The highest BCUT2D eigenvalue weighted by Gasteiger charge is 2.24. The lowest BCUT2D eigenvalue weighted by Gasteiger charge is -2.30. The molecule has 1 aliphatic heterocycles. The van der Waals surface area contributed by atoms with E-state index in [1.807, 2.05) is 18.3 Å². The van der Waals surface area contributed by atoms with Gasteiger partial charge in [-0.1, -0.05) is 6.92 Å². The fourth-order valence-corrected chi connectivity index (χ4v) is 2.36. The topological polar surface area (TPSA) is 37.4 Å². The first kappa shape index (κ1) is 12.2. The van der Waals surface area contributed by atoms with Crippen molar-refractivity contribution in [2.45, 2.75) is 25.8 Å². The minimum Gasteiger partial charge on any atom is -0.493 e. The van der Waals surface area contributed by atoms with E-state index in [0.717, 1.165) is 37.6 Å². The smallest absolute Gasteiger partial charge is 0.171 e. The van der Waals surface area contributed by atoms with E-state index in [1.165, 1.54) is 6.42 Å². The number of aromatic nitrogens is 1. The normalized spacial score (nSPS) is 19.3. The number of anilines is 1. The van der Waals surface area contributed by atoms with Crippen molar-refractivity contribution in [1.82, 2.24) is 10.3 Å². The number of methoxy groups -OCH3 is 1. The maximum atomic E-state index is 5.41. The Kier molecular flexibility index (Phi) is 4.20. The van der Waals surface area contributed by atoms with E-state index in [2.05, 4.69) is 22.1 Å². The van der Waals surface area contributed by atoms with Crippen molar-refractivity contribution in [3.05, 3.63) is 18.3 Å². The van der Waals surface area contributed by atoms with Gasteiger partial charge in [0.1, 0.15) is 0 Å². The van der Waals surface area contributed by atoms with Gasteiger partial charge >= 0.3 is 0 Å². The molecule has 1 aromatic heterocycles. The Morgan fingerprint density at radius 2 is 2.47 bits per heavy atom. The van der Waals surface area contributed by atoms with Crippen molar-refractivity contribution in [2.24, 2.45) is 0 Å². The highest BCUT2D eigenvalue weighted by atomic mass is 16.5. The Bertz CT molecular complexity index is 350. The molecule has 1 saturated heterocycles. The molecular weight excluding hydrogens is 214 g/mol. The molecule has 0 saturated carbocycles. The first-order chi connectivity index (χ1) is 8.36. The van der Waals surface area contributed by atoms with Crippen LogP contribution in [0.4, 0.5) is 5.82 Å². The first-order valence-electron chi connectivity index (χ1n) is 6.33. The maximum Gasteiger partial charge on any atom is 0.171 e. The van der Waals surface area contributed by atoms with Crippen LogP contribution in [-0.2, 0) is 0 Å². The van der Waals surface area contributed by atoms with E-state index < -0.39 is 0 Å². The molecule has 4 heteroatoms. The SMILES string of the molecule is CCCN(c1ncccc1OC)C1CCNC1. The molecule has 0 amide bonds. The van der Waals surface area contributed by atoms with Gasteiger partial charge in [-0.05, 0) is 31.5 Å². The third kappa shape index (κ3) is 2.69. The Morgan fingerprint density at radius 1 is 1.59 bits per heavy atom. The molecule has 1 N–H and O–H groups in total. The predicted molar refractivity (Wildman–Crippen MR) is 69.7 cm³/mol. The molecule has 4 nitrogen and oxygen atoms in total. The zero-order chi connectivity index (χ0) is 12.1. The Balaban J connectivity index is 2.24. The second-order valence-corrected chi connectivity index (χ2v) is 4.37. The number of nitrogens with one attached hydrogen (secondary N) is 1. The van der Waals surface area contributed by atoms with E-state index in [1.54, 1.807) is 7.11 Å². The van der Waals surface area contributed by atoms with Gasteiger partial charge in [-0.3, -0.25) is 0 Å². The van der Waals surface area contributed by atoms with Crippen molar-refractivity contribution < 1.29 is 4.74 Å². The van der Waals surface area contributed by atoms with Crippen LogP contribution in [0.3, 0.4) is 0 Å². The molecule has 2 heterocycles. The molecule has 0 aliphatic carbocycles. The highest BCUT2D eigenvalue weighted by Crippen LogP contribution is 2.28. The minimum atomic E-state index is 0.541. The van der Waals surface area contributed by atoms with Gasteiger partial charge in [-0.15, -0.1) is 0 Å². The van der Waals surface area contributed by atoms with Gasteiger partial charge in [0.15, 0.2) is 11.6 Å². The summed E-state index contributed by atoms with van der Waals surface area (Å²) < 4.78 is 5.41. The number of hydrogen-bond acceptors (Lipinski definition) is 4. The van der Waals surface area contributed by atoms with Crippen LogP contribution >= 0.6 is 0 Å². The van der Waals surface area contributed by atoms with Crippen molar-refractivity contribution in [1.29, 1.82) is 0 Å². The number of rotatable bonds is 5. The molecule has 0 bridgehead atoms. The van der Waals surface area contributed by atoms with E-state index in [4.69, 9.17) is 4.74 Å². The Labute approximate surface area is 103 Å². The van der Waals surface area contributed by atoms with Gasteiger partial charge in [0.2, 0.25) is 0 Å². The van der Waals surface area contributed by atoms with Gasteiger partial charge in [-0.25, -0.2) is 4.98 Å². The molecule has 0 radical (unpaired) electrons. The van der Waals surface area contributed by atoms with Crippen LogP contribution < -0.4 is 15.0 Å². The molecule has 1 aliphatic rings. The third-order valence-electron chi connectivity index (χ3n) is 3.18. The van der Waals surface area contributed by atoms with Gasteiger partial charge < -0.3 is 15.0 Å². The van der Waals surface area contributed by atoms with Crippen LogP contribution in [0.1, 0.15) is 19.8 Å². The van der Waals surface area contributed by atoms with E-state index in [0.29, 0.717) is 6.04 Å². The molecule has 0 aromatic carbocycles. The molecular formula is C13H21N3O. The zero-order valence-electron chi connectivity index (χ0n) is 10.6. The quantitative estimate of drug-likeness (QED) is 0.842. The minimum absolute atomic E-state index is 0.541. The Hall–Kier alpha value is -1.29. The lowest BCUT2D eigenvalue weighted by Crippen LogP contribution is -2.38. The summed E-state index contributed by atoms with van der Waals surface area (Å²) in [6.07, 6.45) is 4.14. The summed E-state index contributed by atoms with van der Waals surface area (Å²) in [6, 6.07) is 4.44. The summed E-state index contributed by atoms with van der Waals surface area (Å²) in [5.41, 5.74) is 0. The average Bonchev–Trinajstić information content (AvgIpc) is 2.89. The van der Waals surface area contributed by atoms with Gasteiger partial charge in [0.05, 0.1) is 7.11 Å². The van der Waals surface area contributed by atoms with Crippen molar-refractivity contribution in [3.8, 4) is 5.75 Å². The lowest BCUT2D eigenvalue weighted by molar-refractivity contribution is 0.410. The van der Waals surface area contributed by atoms with Crippen LogP contribution in [-0.4, -0.2) is 37.8 Å². The molecule has 2 rings (SSSR count). The number of hydrogen-bond donors (Lipinski definition) is 1. The summed E-state index contributed by atoms with van der Waals surface area (Å²) in [7, 11) is 1.71. The Morgan fingerprint density at radius 3 is 3.12 bits per heavy atom. The summed E-state index contributed by atoms with van der Waals surface area (Å²) in [5.74, 6) is 1.85. The molecule has 17 heavy (non-hydrogen) atoms.